The molecule has 0 bridgehead atoms. The Balaban J connectivity index is 1.58. The Labute approximate surface area is 219 Å². The van der Waals surface area contributed by atoms with Gasteiger partial charge in [0.05, 0.1) is 16.3 Å². The van der Waals surface area contributed by atoms with Crippen LogP contribution in [0.1, 0.15) is 27.1 Å². The van der Waals surface area contributed by atoms with E-state index < -0.39 is 11.7 Å². The van der Waals surface area contributed by atoms with Crippen molar-refractivity contribution in [1.29, 1.82) is 0 Å². The van der Waals surface area contributed by atoms with E-state index in [1.807, 2.05) is 6.07 Å². The van der Waals surface area contributed by atoms with E-state index >= 15 is 0 Å². The number of amides is 2. The summed E-state index contributed by atoms with van der Waals surface area (Å²) in [7, 11) is 4.95. The predicted molar refractivity (Wildman–Crippen MR) is 141 cm³/mol. The smallest absolute Gasteiger partial charge is 0.263 e. The Kier molecular flexibility index (Phi) is 6.39. The van der Waals surface area contributed by atoms with Crippen molar-refractivity contribution in [3.8, 4) is 11.1 Å². The van der Waals surface area contributed by atoms with Crippen molar-refractivity contribution in [2.45, 2.75) is 6.42 Å². The van der Waals surface area contributed by atoms with Crippen LogP contribution < -0.4 is 9.80 Å². The zero-order chi connectivity index (χ0) is 25.7. The van der Waals surface area contributed by atoms with Crippen molar-refractivity contribution in [2.75, 3.05) is 44.0 Å². The van der Waals surface area contributed by atoms with Crippen LogP contribution in [-0.4, -0.2) is 55.9 Å². The fourth-order valence-corrected chi connectivity index (χ4v) is 5.25. The molecule has 3 aromatic rings. The van der Waals surface area contributed by atoms with Gasteiger partial charge in [0.2, 0.25) is 0 Å². The maximum absolute atomic E-state index is 14.5. The van der Waals surface area contributed by atoms with Crippen LogP contribution in [0, 0.1) is 17.7 Å². The summed E-state index contributed by atoms with van der Waals surface area (Å²) in [6, 6.07) is 11.2. The van der Waals surface area contributed by atoms with Gasteiger partial charge < -0.3 is 9.80 Å². The van der Waals surface area contributed by atoms with Crippen LogP contribution in [0.3, 0.4) is 0 Å². The van der Waals surface area contributed by atoms with Gasteiger partial charge in [-0.25, -0.2) is 9.37 Å². The molecule has 2 fully saturated rings. The van der Waals surface area contributed by atoms with Crippen LogP contribution in [0.4, 0.5) is 15.9 Å². The van der Waals surface area contributed by atoms with Crippen LogP contribution in [0.2, 0.25) is 10.0 Å². The molecule has 186 valence electrons. The van der Waals surface area contributed by atoms with Crippen LogP contribution in [0.5, 0.6) is 0 Å². The molecule has 9 heteroatoms. The molecule has 2 atom stereocenters. The number of hydrogen-bond donors (Lipinski definition) is 0. The SMILES string of the molecule is CN(C)C(=O)c1ccc(Cl)c(-c2cnc(N(C)C(=O)c3c(F)cccc3Cl)c(N3CC4CC4C3)c2)c1. The van der Waals surface area contributed by atoms with Gasteiger partial charge in [-0.2, -0.15) is 0 Å². The van der Waals surface area contributed by atoms with Crippen LogP contribution in [0.15, 0.2) is 48.7 Å². The molecule has 0 radical (unpaired) electrons. The van der Waals surface area contributed by atoms with E-state index in [-0.39, 0.29) is 16.5 Å². The molecule has 1 aliphatic heterocycles. The van der Waals surface area contributed by atoms with Gasteiger partial charge in [-0.15, -0.1) is 0 Å². The summed E-state index contributed by atoms with van der Waals surface area (Å²) < 4.78 is 14.5. The predicted octanol–water partition coefficient (Wildman–Crippen LogP) is 5.63. The van der Waals surface area contributed by atoms with Gasteiger partial charge in [-0.1, -0.05) is 29.3 Å². The molecule has 6 nitrogen and oxygen atoms in total. The van der Waals surface area contributed by atoms with Gasteiger partial charge in [0.1, 0.15) is 5.82 Å². The first-order valence-electron chi connectivity index (χ1n) is 11.6. The van der Waals surface area contributed by atoms with E-state index in [4.69, 9.17) is 23.2 Å². The zero-order valence-electron chi connectivity index (χ0n) is 20.1. The van der Waals surface area contributed by atoms with Crippen molar-refractivity contribution >= 4 is 46.5 Å². The highest BCUT2D eigenvalue weighted by molar-refractivity contribution is 6.34. The zero-order valence-corrected chi connectivity index (χ0v) is 21.6. The van der Waals surface area contributed by atoms with Gasteiger partial charge in [-0.05, 0) is 54.7 Å². The molecule has 36 heavy (non-hydrogen) atoms. The Morgan fingerprint density at radius 1 is 1.00 bits per heavy atom. The third-order valence-electron chi connectivity index (χ3n) is 6.90. The largest absolute Gasteiger partial charge is 0.368 e. The molecular formula is C27H25Cl2FN4O2. The Morgan fingerprint density at radius 2 is 1.72 bits per heavy atom. The third-order valence-corrected chi connectivity index (χ3v) is 7.54. The minimum Gasteiger partial charge on any atom is -0.368 e. The Morgan fingerprint density at radius 3 is 2.39 bits per heavy atom. The molecule has 1 aromatic heterocycles. The molecule has 2 aliphatic rings. The van der Waals surface area contributed by atoms with Crippen molar-refractivity contribution in [3.63, 3.8) is 0 Å². The lowest BCUT2D eigenvalue weighted by atomic mass is 10.0. The number of aromatic nitrogens is 1. The monoisotopic (exact) mass is 526 g/mol. The fraction of sp³-hybridized carbons (Fsp3) is 0.296. The quantitative estimate of drug-likeness (QED) is 0.432. The fourth-order valence-electron chi connectivity index (χ4n) is 4.78. The minimum atomic E-state index is -0.686. The molecule has 2 heterocycles. The van der Waals surface area contributed by atoms with Gasteiger partial charge in [0.15, 0.2) is 5.82 Å². The van der Waals surface area contributed by atoms with E-state index in [1.165, 1.54) is 34.4 Å². The summed E-state index contributed by atoms with van der Waals surface area (Å²) in [6.45, 7) is 1.72. The average Bonchev–Trinajstić information content (AvgIpc) is 3.47. The first-order valence-corrected chi connectivity index (χ1v) is 12.4. The summed E-state index contributed by atoms with van der Waals surface area (Å²) in [4.78, 5) is 35.5. The molecule has 2 aromatic carbocycles. The van der Waals surface area contributed by atoms with E-state index in [0.717, 1.165) is 24.3 Å². The summed E-state index contributed by atoms with van der Waals surface area (Å²) >= 11 is 12.7. The number of carbonyl (C=O) groups is 2. The molecule has 0 spiro atoms. The summed E-state index contributed by atoms with van der Waals surface area (Å²) in [6.07, 6.45) is 2.83. The standard InChI is InChI=1S/C27H25Cl2FN4O2/c1-32(2)26(35)15-7-8-20(28)19(10-15)16-11-23(34-13-17-9-18(17)14-34)25(31-12-16)33(3)27(36)24-21(29)5-4-6-22(24)30/h4-8,10-12,17-18H,9,13-14H2,1-3H3. The molecule has 2 unspecified atom stereocenters. The molecule has 2 amide bonds. The van der Waals surface area contributed by atoms with Crippen molar-refractivity contribution in [3.05, 3.63) is 75.7 Å². The van der Waals surface area contributed by atoms with Crippen LogP contribution >= 0.6 is 23.2 Å². The third kappa shape index (κ3) is 4.42. The lowest BCUT2D eigenvalue weighted by molar-refractivity contribution is 0.0827. The average molecular weight is 527 g/mol. The highest BCUT2D eigenvalue weighted by atomic mass is 35.5. The second kappa shape index (κ2) is 9.37. The number of piperidine rings is 1. The second-order valence-electron chi connectivity index (χ2n) is 9.58. The van der Waals surface area contributed by atoms with Gasteiger partial charge in [-0.3, -0.25) is 14.5 Å². The number of anilines is 2. The molecular weight excluding hydrogens is 502 g/mol. The highest BCUT2D eigenvalue weighted by Crippen LogP contribution is 2.48. The summed E-state index contributed by atoms with van der Waals surface area (Å²) in [5.74, 6) is 0.265. The normalized spacial score (nSPS) is 18.1. The van der Waals surface area contributed by atoms with E-state index in [1.54, 1.807) is 45.5 Å². The molecule has 1 aliphatic carbocycles. The molecule has 1 saturated carbocycles. The summed E-state index contributed by atoms with van der Waals surface area (Å²) in [5.41, 5.74) is 2.45. The van der Waals surface area contributed by atoms with Crippen molar-refractivity contribution < 1.29 is 14.0 Å². The number of nitrogens with zero attached hydrogens (tertiary/aromatic N) is 4. The lowest BCUT2D eigenvalue weighted by Crippen LogP contribution is -2.31. The number of halogens is 3. The second-order valence-corrected chi connectivity index (χ2v) is 10.4. The molecule has 5 rings (SSSR count). The lowest BCUT2D eigenvalue weighted by Gasteiger charge is -2.27. The number of rotatable bonds is 5. The van der Waals surface area contributed by atoms with Gasteiger partial charge >= 0.3 is 0 Å². The maximum atomic E-state index is 14.5. The van der Waals surface area contributed by atoms with Crippen LogP contribution in [0.25, 0.3) is 11.1 Å². The highest BCUT2D eigenvalue weighted by Gasteiger charge is 2.46. The van der Waals surface area contributed by atoms with Crippen molar-refractivity contribution in [2.24, 2.45) is 11.8 Å². The molecule has 0 N–H and O–H groups in total. The number of benzene rings is 2. The van der Waals surface area contributed by atoms with Crippen LogP contribution in [-0.2, 0) is 0 Å². The Bertz CT molecular complexity index is 1350. The Hall–Kier alpha value is -3.16. The van der Waals surface area contributed by atoms with E-state index in [0.29, 0.717) is 33.8 Å². The number of hydrogen-bond acceptors (Lipinski definition) is 4. The topological polar surface area (TPSA) is 56.8 Å². The minimum absolute atomic E-state index is 0.0431. The first-order chi connectivity index (χ1) is 17.2. The number of fused-ring (bicyclic) bond motifs is 1. The molecule has 1 saturated heterocycles. The van der Waals surface area contributed by atoms with Gasteiger partial charge in [0, 0.05) is 62.1 Å². The number of carbonyl (C=O) groups excluding carboxylic acids is 2. The van der Waals surface area contributed by atoms with E-state index in [9.17, 15) is 14.0 Å². The van der Waals surface area contributed by atoms with Gasteiger partial charge in [0.25, 0.3) is 11.8 Å². The summed E-state index contributed by atoms with van der Waals surface area (Å²) in [5, 5.41) is 0.527. The number of pyridine rings is 1. The van der Waals surface area contributed by atoms with E-state index in [2.05, 4.69) is 9.88 Å². The first kappa shape index (κ1) is 24.5. The van der Waals surface area contributed by atoms with Crippen molar-refractivity contribution in [1.82, 2.24) is 9.88 Å². The maximum Gasteiger partial charge on any atom is 0.263 e.